The van der Waals surface area contributed by atoms with Crippen LogP contribution in [-0.4, -0.2) is 62.3 Å². The highest BCUT2D eigenvalue weighted by molar-refractivity contribution is 5.87. The Morgan fingerprint density at radius 1 is 0.949 bits per heavy atom. The number of rotatable bonds is 20. The zero-order valence-electron chi connectivity index (χ0n) is 35.3. The van der Waals surface area contributed by atoms with Crippen LogP contribution in [-0.2, 0) is 37.2 Å². The van der Waals surface area contributed by atoms with E-state index in [0.717, 1.165) is 56.5 Å². The largest absolute Gasteiger partial charge is 0.493 e. The molecule has 1 aliphatic rings. The molecule has 2 N–H and O–H groups in total. The average Bonchev–Trinajstić information content (AvgIpc) is 3.78. The van der Waals surface area contributed by atoms with E-state index in [0.29, 0.717) is 23.3 Å². The monoisotopic (exact) mass is 818 g/mol. The van der Waals surface area contributed by atoms with Gasteiger partial charge in [0, 0.05) is 19.6 Å². The number of ether oxygens (including phenoxy) is 4. The fourth-order valence-corrected chi connectivity index (χ4v) is 5.29. The van der Waals surface area contributed by atoms with Crippen molar-refractivity contribution in [1.29, 1.82) is 0 Å². The Balaban J connectivity index is 0.000000533. The second kappa shape index (κ2) is 32.2. The van der Waals surface area contributed by atoms with Crippen molar-refractivity contribution < 1.29 is 48.4 Å². The molecule has 3 aromatic carbocycles. The van der Waals surface area contributed by atoms with Gasteiger partial charge in [-0.1, -0.05) is 79.6 Å². The lowest BCUT2D eigenvalue weighted by Gasteiger charge is -2.13. The molecule has 0 aliphatic heterocycles. The number of esters is 2. The molecule has 13 heteroatoms. The summed E-state index contributed by atoms with van der Waals surface area (Å²) >= 11 is 0. The zero-order chi connectivity index (χ0) is 43.7. The first-order valence-electron chi connectivity index (χ1n) is 19.7. The van der Waals surface area contributed by atoms with Crippen LogP contribution in [0.4, 0.5) is 0 Å². The van der Waals surface area contributed by atoms with Crippen LogP contribution in [0.5, 0.6) is 17.2 Å². The highest BCUT2D eigenvalue weighted by Crippen LogP contribution is 2.29. The van der Waals surface area contributed by atoms with Crippen molar-refractivity contribution in [3.8, 4) is 17.2 Å². The molecular formula is C46H62N2O11. The summed E-state index contributed by atoms with van der Waals surface area (Å²) in [6.45, 7) is 6.43. The van der Waals surface area contributed by atoms with Crippen molar-refractivity contribution in [2.45, 2.75) is 91.4 Å². The fourth-order valence-electron chi connectivity index (χ4n) is 5.29. The molecule has 0 saturated heterocycles. The number of carbonyl (C=O) groups excluding carboxylic acids is 3. The highest BCUT2D eigenvalue weighted by Gasteiger charge is 2.16. The smallest absolute Gasteiger partial charge is 0.331 e. The Morgan fingerprint density at radius 2 is 1.64 bits per heavy atom. The van der Waals surface area contributed by atoms with Crippen LogP contribution in [0.3, 0.4) is 0 Å². The third-order valence-corrected chi connectivity index (χ3v) is 8.62. The minimum Gasteiger partial charge on any atom is -0.493 e. The predicted octanol–water partition coefficient (Wildman–Crippen LogP) is 8.72. The second-order valence-corrected chi connectivity index (χ2v) is 13.2. The summed E-state index contributed by atoms with van der Waals surface area (Å²) in [6.07, 6.45) is 21.9. The number of hydrogen-bond donors (Lipinski definition) is 2. The molecule has 1 fully saturated rings. The van der Waals surface area contributed by atoms with Crippen molar-refractivity contribution in [3.05, 3.63) is 129 Å². The first-order valence-corrected chi connectivity index (χ1v) is 19.7. The molecule has 0 radical (unpaired) electrons. The van der Waals surface area contributed by atoms with E-state index in [1.165, 1.54) is 44.4 Å². The zero-order valence-corrected chi connectivity index (χ0v) is 35.3. The van der Waals surface area contributed by atoms with E-state index in [-0.39, 0.29) is 19.0 Å². The molecule has 13 nitrogen and oxygen atoms in total. The van der Waals surface area contributed by atoms with Gasteiger partial charge in [-0.15, -0.1) is 10.1 Å². The second-order valence-electron chi connectivity index (χ2n) is 13.2. The number of hydrogen-bond acceptors (Lipinski definition) is 12. The highest BCUT2D eigenvalue weighted by atomic mass is 16.9. The van der Waals surface area contributed by atoms with Crippen molar-refractivity contribution in [3.63, 3.8) is 0 Å². The number of likely N-dealkylation sites (N-methyl/N-ethyl adjacent to an activating group) is 1. The van der Waals surface area contributed by atoms with Crippen LogP contribution in [0.25, 0.3) is 6.08 Å². The quantitative estimate of drug-likeness (QED) is 0.0163. The summed E-state index contributed by atoms with van der Waals surface area (Å²) < 4.78 is 21.5. The maximum absolute atomic E-state index is 12.0. The molecule has 1 aliphatic carbocycles. The number of methoxy groups -OCH3 is 1. The third-order valence-electron chi connectivity index (χ3n) is 8.62. The third kappa shape index (κ3) is 23.9. The molecule has 1 saturated carbocycles. The number of aliphatic hydroxyl groups is 1. The molecule has 0 aromatic heterocycles. The molecule has 1 unspecified atom stereocenters. The molecule has 59 heavy (non-hydrogen) atoms. The Hall–Kier alpha value is -5.79. The summed E-state index contributed by atoms with van der Waals surface area (Å²) in [5, 5.41) is 19.1. The van der Waals surface area contributed by atoms with Gasteiger partial charge >= 0.3 is 11.9 Å². The number of allylic oxidation sites excluding steroid dienone is 3. The first-order chi connectivity index (χ1) is 28.6. The van der Waals surface area contributed by atoms with Crippen LogP contribution in [0.15, 0.2) is 97.1 Å². The SMILES string of the molecule is C/C=C\CCCC=O.CNC(C)C(=O)Oc1ccc(/C=C/C(=O)OCc2ccc(CO[N+](=O)[O-])cc2)cc1OC.CO.Cc1cccc(OCC/C=C/C2CCCC2)c1. The fraction of sp³-hybridized carbons (Fsp3) is 0.413. The van der Waals surface area contributed by atoms with Gasteiger partial charge in [-0.3, -0.25) is 0 Å². The number of carbonyl (C=O) groups is 3. The molecule has 1 atom stereocenters. The van der Waals surface area contributed by atoms with E-state index in [1.54, 1.807) is 62.5 Å². The molecule has 0 bridgehead atoms. The van der Waals surface area contributed by atoms with Gasteiger partial charge in [-0.05, 0) is 118 Å². The maximum Gasteiger partial charge on any atom is 0.331 e. The van der Waals surface area contributed by atoms with Gasteiger partial charge < -0.3 is 39.0 Å². The molecular weight excluding hydrogens is 757 g/mol. The van der Waals surface area contributed by atoms with Crippen molar-refractivity contribution in [2.24, 2.45) is 5.92 Å². The first kappa shape index (κ1) is 51.2. The van der Waals surface area contributed by atoms with Gasteiger partial charge in [-0.25, -0.2) is 9.59 Å². The van der Waals surface area contributed by atoms with Gasteiger partial charge in [-0.2, -0.15) is 0 Å². The Labute approximate surface area is 349 Å². The van der Waals surface area contributed by atoms with Crippen molar-refractivity contribution >= 4 is 24.3 Å². The van der Waals surface area contributed by atoms with E-state index < -0.39 is 23.1 Å². The summed E-state index contributed by atoms with van der Waals surface area (Å²) in [7, 11) is 4.10. The lowest BCUT2D eigenvalue weighted by atomic mass is 10.1. The summed E-state index contributed by atoms with van der Waals surface area (Å²) in [6, 6.07) is 19.3. The van der Waals surface area contributed by atoms with Crippen LogP contribution < -0.4 is 19.5 Å². The molecule has 3 aromatic rings. The van der Waals surface area contributed by atoms with Crippen molar-refractivity contribution in [1.82, 2.24) is 5.32 Å². The van der Waals surface area contributed by atoms with Crippen LogP contribution in [0.1, 0.15) is 87.5 Å². The number of aliphatic hydroxyl groups excluding tert-OH is 1. The number of aldehydes is 1. The van der Waals surface area contributed by atoms with E-state index in [9.17, 15) is 24.5 Å². The van der Waals surface area contributed by atoms with E-state index in [2.05, 4.69) is 47.4 Å². The van der Waals surface area contributed by atoms with Crippen molar-refractivity contribution in [2.75, 3.05) is 27.9 Å². The number of benzene rings is 3. The van der Waals surface area contributed by atoms with Crippen LogP contribution in [0.2, 0.25) is 0 Å². The summed E-state index contributed by atoms with van der Waals surface area (Å²) in [4.78, 5) is 48.2. The molecule has 0 amide bonds. The Bertz CT molecular complexity index is 1730. The van der Waals surface area contributed by atoms with E-state index in [4.69, 9.17) is 24.1 Å². The maximum atomic E-state index is 12.0. The van der Waals surface area contributed by atoms with Crippen LogP contribution in [0, 0.1) is 23.0 Å². The predicted molar refractivity (Wildman–Crippen MR) is 229 cm³/mol. The standard InChI is InChI=1S/C22H24N2O8.C16H22O.C7H12O.CH4O/c1-15(23-2)22(26)32-19-10-8-16(12-20(19)29-3)9-11-21(25)30-13-17-4-6-18(7-5-17)14-31-24(27)28;1-14-7-6-11-16(13-14)17-12-5-4-10-15-8-2-3-9-15;1-2-3-4-5-6-7-8;1-2/h4-12,15,23H,13-14H2,1-3H3;4,6-7,10-11,13,15H,2-3,5,8-9,12H2,1H3;2-3,7H,4-6H2,1H3;2H,1H3/b11-9+;10-4+;3-2-;. The van der Waals surface area contributed by atoms with E-state index >= 15 is 0 Å². The normalized spacial score (nSPS) is 12.6. The Morgan fingerprint density at radius 3 is 2.25 bits per heavy atom. The summed E-state index contributed by atoms with van der Waals surface area (Å²) in [5.41, 5.74) is 3.25. The minimum atomic E-state index is -0.859. The molecule has 322 valence electrons. The van der Waals surface area contributed by atoms with Gasteiger partial charge in [0.05, 0.1) is 13.7 Å². The lowest BCUT2D eigenvalue weighted by Crippen LogP contribution is -2.34. The van der Waals surface area contributed by atoms with E-state index in [1.807, 2.05) is 25.1 Å². The van der Waals surface area contributed by atoms with Crippen LogP contribution >= 0.6 is 0 Å². The molecule has 4 rings (SSSR count). The number of unbranched alkanes of at least 4 members (excludes halogenated alkanes) is 2. The van der Waals surface area contributed by atoms with Gasteiger partial charge in [0.15, 0.2) is 11.5 Å². The molecule has 0 heterocycles. The summed E-state index contributed by atoms with van der Waals surface area (Å²) in [5.74, 6) is 1.44. The van der Waals surface area contributed by atoms with Gasteiger partial charge in [0.25, 0.3) is 5.09 Å². The lowest BCUT2D eigenvalue weighted by molar-refractivity contribution is -0.763. The number of aryl methyl sites for hydroxylation is 1. The Kier molecular flexibility index (Phi) is 28.0. The number of nitrogens with one attached hydrogen (secondary N) is 1. The molecule has 0 spiro atoms. The number of nitrogens with zero attached hydrogens (tertiary/aromatic N) is 1. The minimum absolute atomic E-state index is 0.0431. The van der Waals surface area contributed by atoms with Gasteiger partial charge in [0.1, 0.15) is 31.3 Å². The average molecular weight is 819 g/mol. The van der Waals surface area contributed by atoms with Gasteiger partial charge in [0.2, 0.25) is 0 Å². The topological polar surface area (TPSA) is 173 Å².